The maximum atomic E-state index is 13.1. The fourth-order valence-corrected chi connectivity index (χ4v) is 5.46. The van der Waals surface area contributed by atoms with Crippen molar-refractivity contribution in [1.29, 1.82) is 0 Å². The van der Waals surface area contributed by atoms with Crippen molar-refractivity contribution in [3.05, 3.63) is 52.6 Å². The van der Waals surface area contributed by atoms with Gasteiger partial charge in [0.05, 0.1) is 19.3 Å². The van der Waals surface area contributed by atoms with Crippen LogP contribution in [-0.2, 0) is 16.0 Å². The van der Waals surface area contributed by atoms with Gasteiger partial charge in [-0.15, -0.1) is 0 Å². The first-order valence-corrected chi connectivity index (χ1v) is 11.6. The summed E-state index contributed by atoms with van der Waals surface area (Å²) in [5.74, 6) is -1.68. The van der Waals surface area contributed by atoms with Gasteiger partial charge in [0.2, 0.25) is 5.75 Å². The van der Waals surface area contributed by atoms with Gasteiger partial charge in [-0.3, -0.25) is 4.90 Å². The van der Waals surface area contributed by atoms with Crippen LogP contribution in [0.2, 0.25) is 0 Å². The molecule has 5 N–H and O–H groups in total. The SMILES string of the molecule is COc1c(O)c(CN2CC[C@@H](c3ccccc3)C2)c2c(c1O)[C@H]1O[C@H](CO)[C@@H](O)[C@H](O)[C@H]1OC2=O. The topological polar surface area (TPSA) is 149 Å². The molecule has 2 saturated heterocycles. The standard InChI is InChI=1S/C25H29NO9/c1-33-23-18(28)14(10-26-8-7-13(9-26)12-5-3-2-4-6-12)16-17(20(23)30)22-24(35-25(16)32)21(31)19(29)15(11-27)34-22/h2-6,13,15,19,21-22,24,27-31H,7-11H2,1H3/t13-,15-,19-,21+,22-,24-/m1/s1. The molecule has 6 atom stereocenters. The van der Waals surface area contributed by atoms with Gasteiger partial charge in [-0.05, 0) is 24.4 Å². The lowest BCUT2D eigenvalue weighted by molar-refractivity contribution is -0.235. The van der Waals surface area contributed by atoms with Gasteiger partial charge in [0.15, 0.2) is 17.6 Å². The Labute approximate surface area is 201 Å². The zero-order chi connectivity index (χ0) is 24.9. The number of methoxy groups -OCH3 is 1. The molecule has 0 aromatic heterocycles. The average Bonchev–Trinajstić information content (AvgIpc) is 3.33. The summed E-state index contributed by atoms with van der Waals surface area (Å²) in [5.41, 5.74) is 1.37. The number of aromatic hydroxyl groups is 2. The normalized spacial score (nSPS) is 30.5. The van der Waals surface area contributed by atoms with Crippen LogP contribution in [0.4, 0.5) is 0 Å². The fourth-order valence-electron chi connectivity index (χ4n) is 5.46. The van der Waals surface area contributed by atoms with E-state index in [0.29, 0.717) is 12.5 Å². The number of esters is 1. The predicted octanol–water partition coefficient (Wildman–Crippen LogP) is 0.789. The summed E-state index contributed by atoms with van der Waals surface area (Å²) in [6.45, 7) is 1.03. The van der Waals surface area contributed by atoms with Gasteiger partial charge < -0.3 is 39.7 Å². The molecule has 0 saturated carbocycles. The maximum absolute atomic E-state index is 13.1. The fraction of sp³-hybridized carbons (Fsp3) is 0.480. The summed E-state index contributed by atoms with van der Waals surface area (Å²) in [7, 11) is 1.28. The van der Waals surface area contributed by atoms with Crippen molar-refractivity contribution in [3.63, 3.8) is 0 Å². The Bertz CT molecular complexity index is 1110. The zero-order valence-corrected chi connectivity index (χ0v) is 19.2. The molecule has 2 aromatic carbocycles. The van der Waals surface area contributed by atoms with E-state index in [-0.39, 0.29) is 34.7 Å². The lowest BCUT2D eigenvalue weighted by atomic mass is 9.84. The first kappa shape index (κ1) is 23.8. The van der Waals surface area contributed by atoms with Gasteiger partial charge in [0.25, 0.3) is 0 Å². The Morgan fingerprint density at radius 3 is 2.54 bits per heavy atom. The molecular formula is C25H29NO9. The lowest BCUT2D eigenvalue weighted by Crippen LogP contribution is -2.58. The molecule has 10 nitrogen and oxygen atoms in total. The largest absolute Gasteiger partial charge is 0.504 e. The molecule has 0 amide bonds. The summed E-state index contributed by atoms with van der Waals surface area (Å²) in [6, 6.07) is 10.1. The highest BCUT2D eigenvalue weighted by Crippen LogP contribution is 2.52. The van der Waals surface area contributed by atoms with Crippen LogP contribution in [0.1, 0.15) is 45.5 Å². The summed E-state index contributed by atoms with van der Waals surface area (Å²) >= 11 is 0. The van der Waals surface area contributed by atoms with E-state index in [9.17, 15) is 30.3 Å². The molecule has 188 valence electrons. The maximum Gasteiger partial charge on any atom is 0.339 e. The number of carbonyl (C=O) groups excluding carboxylic acids is 1. The summed E-state index contributed by atoms with van der Waals surface area (Å²) in [4.78, 5) is 15.2. The molecule has 0 radical (unpaired) electrons. The summed E-state index contributed by atoms with van der Waals surface area (Å²) < 4.78 is 16.5. The average molecular weight is 488 g/mol. The van der Waals surface area contributed by atoms with E-state index in [1.807, 2.05) is 18.2 Å². The van der Waals surface area contributed by atoms with Crippen molar-refractivity contribution in [2.75, 3.05) is 26.8 Å². The van der Waals surface area contributed by atoms with E-state index in [0.717, 1.165) is 13.0 Å². The minimum atomic E-state index is -1.55. The van der Waals surface area contributed by atoms with Gasteiger partial charge >= 0.3 is 5.97 Å². The quantitative estimate of drug-likeness (QED) is 0.383. The van der Waals surface area contributed by atoms with E-state index in [1.54, 1.807) is 0 Å². The number of aliphatic hydroxyl groups excluding tert-OH is 3. The Hall–Kier alpha value is -2.89. The zero-order valence-electron chi connectivity index (χ0n) is 19.2. The van der Waals surface area contributed by atoms with Crippen LogP contribution in [0, 0.1) is 0 Å². The van der Waals surface area contributed by atoms with Crippen LogP contribution < -0.4 is 4.74 Å². The molecule has 2 aromatic rings. The Kier molecular flexibility index (Phi) is 6.32. The number of hydrogen-bond acceptors (Lipinski definition) is 10. The highest BCUT2D eigenvalue weighted by molar-refractivity contribution is 5.97. The van der Waals surface area contributed by atoms with Gasteiger partial charge in [0, 0.05) is 24.2 Å². The number of phenolic OH excluding ortho intramolecular Hbond substituents is 2. The van der Waals surface area contributed by atoms with Crippen molar-refractivity contribution in [2.45, 2.75) is 49.4 Å². The van der Waals surface area contributed by atoms with Crippen LogP contribution in [0.25, 0.3) is 0 Å². The number of rotatable bonds is 5. The highest BCUT2D eigenvalue weighted by atomic mass is 16.6. The van der Waals surface area contributed by atoms with Crippen LogP contribution in [0.5, 0.6) is 17.2 Å². The van der Waals surface area contributed by atoms with Crippen LogP contribution in [0.15, 0.2) is 30.3 Å². The Morgan fingerprint density at radius 2 is 1.86 bits per heavy atom. The number of likely N-dealkylation sites (tertiary alicyclic amines) is 1. The number of nitrogens with zero attached hydrogens (tertiary/aromatic N) is 1. The van der Waals surface area contributed by atoms with E-state index < -0.39 is 48.8 Å². The second-order valence-corrected chi connectivity index (χ2v) is 9.26. The molecule has 0 unspecified atom stereocenters. The molecule has 0 bridgehead atoms. The third-order valence-corrected chi connectivity index (χ3v) is 7.27. The number of aliphatic hydroxyl groups is 3. The van der Waals surface area contributed by atoms with Gasteiger partial charge in [-0.25, -0.2) is 4.79 Å². The first-order chi connectivity index (χ1) is 16.8. The second-order valence-electron chi connectivity index (χ2n) is 9.26. The van der Waals surface area contributed by atoms with Crippen LogP contribution in [-0.4, -0.2) is 87.6 Å². The van der Waals surface area contributed by atoms with Crippen molar-refractivity contribution in [2.24, 2.45) is 0 Å². The molecule has 3 heterocycles. The molecule has 3 aliphatic heterocycles. The number of phenols is 2. The number of ether oxygens (including phenoxy) is 3. The van der Waals surface area contributed by atoms with Gasteiger partial charge in [0.1, 0.15) is 24.4 Å². The van der Waals surface area contributed by atoms with Crippen molar-refractivity contribution < 1.29 is 44.5 Å². The molecule has 2 fully saturated rings. The molecule has 0 aliphatic carbocycles. The molecule has 3 aliphatic rings. The third-order valence-electron chi connectivity index (χ3n) is 7.27. The monoisotopic (exact) mass is 487 g/mol. The van der Waals surface area contributed by atoms with Gasteiger partial charge in [-0.2, -0.15) is 0 Å². The predicted molar refractivity (Wildman–Crippen MR) is 121 cm³/mol. The number of benzene rings is 2. The van der Waals surface area contributed by atoms with Crippen molar-refractivity contribution in [1.82, 2.24) is 4.90 Å². The van der Waals surface area contributed by atoms with Crippen LogP contribution >= 0.6 is 0 Å². The number of fused-ring (bicyclic) bond motifs is 3. The summed E-state index contributed by atoms with van der Waals surface area (Å²) in [6.07, 6.45) is -5.78. The molecule has 10 heteroatoms. The first-order valence-electron chi connectivity index (χ1n) is 11.6. The molecule has 35 heavy (non-hydrogen) atoms. The molecule has 5 rings (SSSR count). The Morgan fingerprint density at radius 1 is 1.11 bits per heavy atom. The van der Waals surface area contributed by atoms with E-state index in [4.69, 9.17) is 14.2 Å². The van der Waals surface area contributed by atoms with Crippen molar-refractivity contribution in [3.8, 4) is 17.2 Å². The number of carbonyl (C=O) groups is 1. The Balaban J connectivity index is 1.54. The number of hydrogen-bond donors (Lipinski definition) is 5. The van der Waals surface area contributed by atoms with Crippen LogP contribution in [0.3, 0.4) is 0 Å². The third kappa shape index (κ3) is 3.91. The molecule has 0 spiro atoms. The van der Waals surface area contributed by atoms with Crippen molar-refractivity contribution >= 4 is 5.97 Å². The van der Waals surface area contributed by atoms with E-state index >= 15 is 0 Å². The minimum absolute atomic E-state index is 0.000827. The summed E-state index contributed by atoms with van der Waals surface area (Å²) in [5, 5.41) is 52.3. The highest BCUT2D eigenvalue weighted by Gasteiger charge is 2.53. The second kappa shape index (κ2) is 9.29. The van der Waals surface area contributed by atoms with Gasteiger partial charge in [-0.1, -0.05) is 30.3 Å². The molecular weight excluding hydrogens is 458 g/mol. The lowest BCUT2D eigenvalue weighted by Gasteiger charge is -2.45. The smallest absolute Gasteiger partial charge is 0.339 e. The minimum Gasteiger partial charge on any atom is -0.504 e. The van der Waals surface area contributed by atoms with E-state index in [2.05, 4.69) is 17.0 Å². The van der Waals surface area contributed by atoms with E-state index in [1.165, 1.54) is 12.7 Å².